The average molecular weight is 210 g/mol. The van der Waals surface area contributed by atoms with Crippen LogP contribution in [0.1, 0.15) is 31.9 Å². The summed E-state index contributed by atoms with van der Waals surface area (Å²) < 4.78 is 0.194. The van der Waals surface area contributed by atoms with Gasteiger partial charge < -0.3 is 5.11 Å². The van der Waals surface area contributed by atoms with Crippen molar-refractivity contribution in [1.29, 1.82) is 0 Å². The number of hydrogen-bond acceptors (Lipinski definition) is 2. The fourth-order valence-electron chi connectivity index (χ4n) is 1.26. The van der Waals surface area contributed by atoms with Crippen LogP contribution in [0, 0.1) is 6.92 Å². The zero-order valence-corrected chi connectivity index (χ0v) is 10.1. The average Bonchev–Trinajstić information content (AvgIpc) is 2.06. The molecule has 0 aromatic heterocycles. The van der Waals surface area contributed by atoms with Crippen molar-refractivity contribution in [3.8, 4) is 0 Å². The molecular formula is C12H18OS. The van der Waals surface area contributed by atoms with E-state index in [1.54, 1.807) is 11.8 Å². The van der Waals surface area contributed by atoms with E-state index in [0.717, 1.165) is 5.56 Å². The van der Waals surface area contributed by atoms with E-state index in [-0.39, 0.29) is 11.4 Å². The Labute approximate surface area is 90.5 Å². The molecule has 14 heavy (non-hydrogen) atoms. The van der Waals surface area contributed by atoms with Crippen LogP contribution in [-0.2, 0) is 6.61 Å². The number of thioether (sulfide) groups is 1. The number of aryl methyl sites for hydroxylation is 1. The van der Waals surface area contributed by atoms with Gasteiger partial charge in [-0.15, -0.1) is 11.8 Å². The Bertz CT molecular complexity index is 313. The van der Waals surface area contributed by atoms with Crippen molar-refractivity contribution < 1.29 is 5.11 Å². The first-order chi connectivity index (χ1) is 6.42. The third-order valence-electron chi connectivity index (χ3n) is 1.80. The molecule has 0 bridgehead atoms. The van der Waals surface area contributed by atoms with Crippen molar-refractivity contribution in [2.24, 2.45) is 0 Å². The summed E-state index contributed by atoms with van der Waals surface area (Å²) in [6.07, 6.45) is 0. The fraction of sp³-hybridized carbons (Fsp3) is 0.500. The first kappa shape index (κ1) is 11.6. The molecule has 1 nitrogen and oxygen atoms in total. The lowest BCUT2D eigenvalue weighted by Crippen LogP contribution is -2.07. The van der Waals surface area contributed by atoms with Crippen LogP contribution in [-0.4, -0.2) is 9.85 Å². The van der Waals surface area contributed by atoms with E-state index in [0.29, 0.717) is 0 Å². The smallest absolute Gasteiger partial charge is 0.0692 e. The summed E-state index contributed by atoms with van der Waals surface area (Å²) in [4.78, 5) is 1.19. The van der Waals surface area contributed by atoms with Crippen LogP contribution < -0.4 is 0 Å². The molecule has 1 rings (SSSR count). The van der Waals surface area contributed by atoms with Crippen molar-refractivity contribution in [1.82, 2.24) is 0 Å². The second kappa shape index (κ2) is 4.37. The first-order valence-electron chi connectivity index (χ1n) is 4.82. The van der Waals surface area contributed by atoms with Crippen molar-refractivity contribution in [3.63, 3.8) is 0 Å². The quantitative estimate of drug-likeness (QED) is 0.755. The van der Waals surface area contributed by atoms with Crippen LogP contribution in [0.4, 0.5) is 0 Å². The van der Waals surface area contributed by atoms with Gasteiger partial charge in [0.05, 0.1) is 6.61 Å². The molecule has 0 aliphatic rings. The van der Waals surface area contributed by atoms with Crippen molar-refractivity contribution in [2.75, 3.05) is 0 Å². The van der Waals surface area contributed by atoms with Crippen LogP contribution in [0.3, 0.4) is 0 Å². The van der Waals surface area contributed by atoms with Gasteiger partial charge in [0.25, 0.3) is 0 Å². The highest BCUT2D eigenvalue weighted by Gasteiger charge is 2.14. The van der Waals surface area contributed by atoms with E-state index in [4.69, 9.17) is 0 Å². The highest BCUT2D eigenvalue weighted by molar-refractivity contribution is 8.00. The Morgan fingerprint density at radius 1 is 1.29 bits per heavy atom. The van der Waals surface area contributed by atoms with E-state index in [2.05, 4.69) is 32.9 Å². The van der Waals surface area contributed by atoms with Crippen molar-refractivity contribution in [2.45, 2.75) is 43.9 Å². The number of aliphatic hydroxyl groups is 1. The van der Waals surface area contributed by atoms with Gasteiger partial charge >= 0.3 is 0 Å². The lowest BCUT2D eigenvalue weighted by Gasteiger charge is -2.19. The summed E-state index contributed by atoms with van der Waals surface area (Å²) in [6.45, 7) is 8.71. The molecular weight excluding hydrogens is 192 g/mol. The van der Waals surface area contributed by atoms with Crippen molar-refractivity contribution >= 4 is 11.8 Å². The third-order valence-corrected chi connectivity index (χ3v) is 3.03. The lowest BCUT2D eigenvalue weighted by molar-refractivity contribution is 0.279. The Kier molecular flexibility index (Phi) is 3.62. The number of hydrogen-bond donors (Lipinski definition) is 1. The van der Waals surface area contributed by atoms with E-state index in [1.165, 1.54) is 10.5 Å². The molecule has 2 heteroatoms. The number of rotatable bonds is 2. The van der Waals surface area contributed by atoms with Crippen molar-refractivity contribution in [3.05, 3.63) is 29.3 Å². The zero-order valence-electron chi connectivity index (χ0n) is 9.29. The topological polar surface area (TPSA) is 20.2 Å². The standard InChI is InChI=1S/C12H18OS/c1-9-5-6-11(10(7-9)8-13)14-12(2,3)4/h5-7,13H,8H2,1-4H3. The molecule has 78 valence electrons. The Morgan fingerprint density at radius 2 is 1.93 bits per heavy atom. The van der Waals surface area contributed by atoms with Gasteiger partial charge in [-0.25, -0.2) is 0 Å². The molecule has 0 aliphatic heterocycles. The first-order valence-corrected chi connectivity index (χ1v) is 5.63. The van der Waals surface area contributed by atoms with Gasteiger partial charge in [0.1, 0.15) is 0 Å². The third kappa shape index (κ3) is 3.35. The molecule has 0 fully saturated rings. The molecule has 0 saturated heterocycles. The van der Waals surface area contributed by atoms with Gasteiger partial charge in [0.2, 0.25) is 0 Å². The van der Waals surface area contributed by atoms with Gasteiger partial charge in [-0.1, -0.05) is 38.5 Å². The Hall–Kier alpha value is -0.470. The predicted molar refractivity (Wildman–Crippen MR) is 62.7 cm³/mol. The Morgan fingerprint density at radius 3 is 2.43 bits per heavy atom. The molecule has 0 atom stereocenters. The van der Waals surface area contributed by atoms with Crippen LogP contribution >= 0.6 is 11.8 Å². The summed E-state index contributed by atoms with van der Waals surface area (Å²) in [5.74, 6) is 0. The molecule has 1 N–H and O–H groups in total. The molecule has 0 aliphatic carbocycles. The molecule has 0 amide bonds. The maximum atomic E-state index is 9.23. The predicted octanol–water partition coefficient (Wildman–Crippen LogP) is 3.38. The van der Waals surface area contributed by atoms with Crippen LogP contribution in [0.2, 0.25) is 0 Å². The highest BCUT2D eigenvalue weighted by Crippen LogP contribution is 2.34. The van der Waals surface area contributed by atoms with Gasteiger partial charge in [0.15, 0.2) is 0 Å². The van der Waals surface area contributed by atoms with E-state index < -0.39 is 0 Å². The summed E-state index contributed by atoms with van der Waals surface area (Å²) in [5.41, 5.74) is 2.23. The SMILES string of the molecule is Cc1ccc(SC(C)(C)C)c(CO)c1. The van der Waals surface area contributed by atoms with E-state index in [9.17, 15) is 5.11 Å². The monoisotopic (exact) mass is 210 g/mol. The summed E-state index contributed by atoms with van der Waals surface area (Å²) in [5, 5.41) is 9.23. The highest BCUT2D eigenvalue weighted by atomic mass is 32.2. The summed E-state index contributed by atoms with van der Waals surface area (Å²) in [6, 6.07) is 6.23. The number of aliphatic hydroxyl groups excluding tert-OH is 1. The zero-order chi connectivity index (χ0) is 10.8. The van der Waals surface area contributed by atoms with Gasteiger partial charge in [0, 0.05) is 9.64 Å². The molecule has 1 aromatic carbocycles. The minimum Gasteiger partial charge on any atom is -0.392 e. The van der Waals surface area contributed by atoms with Gasteiger partial charge in [-0.3, -0.25) is 0 Å². The minimum atomic E-state index is 0.125. The maximum absolute atomic E-state index is 9.23. The molecule has 0 spiro atoms. The largest absolute Gasteiger partial charge is 0.392 e. The van der Waals surface area contributed by atoms with Gasteiger partial charge in [-0.2, -0.15) is 0 Å². The maximum Gasteiger partial charge on any atom is 0.0692 e. The molecule has 1 aromatic rings. The van der Waals surface area contributed by atoms with Crippen LogP contribution in [0.15, 0.2) is 23.1 Å². The molecule has 0 saturated carbocycles. The van der Waals surface area contributed by atoms with Crippen LogP contribution in [0.5, 0.6) is 0 Å². The summed E-state index contributed by atoms with van der Waals surface area (Å²) in [7, 11) is 0. The van der Waals surface area contributed by atoms with Crippen LogP contribution in [0.25, 0.3) is 0 Å². The summed E-state index contributed by atoms with van der Waals surface area (Å²) >= 11 is 1.80. The van der Waals surface area contributed by atoms with E-state index >= 15 is 0 Å². The molecule has 0 unspecified atom stereocenters. The van der Waals surface area contributed by atoms with E-state index in [1.807, 2.05) is 13.0 Å². The minimum absolute atomic E-state index is 0.125. The second-order valence-electron chi connectivity index (χ2n) is 4.48. The van der Waals surface area contributed by atoms with Gasteiger partial charge in [-0.05, 0) is 18.6 Å². The second-order valence-corrected chi connectivity index (χ2v) is 6.35. The number of benzene rings is 1. The lowest BCUT2D eigenvalue weighted by atomic mass is 10.1. The molecule has 0 radical (unpaired) electrons. The Balaban J connectivity index is 2.97. The normalized spacial score (nSPS) is 11.8. The molecule has 0 heterocycles. The fourth-order valence-corrected chi connectivity index (χ4v) is 2.31.